The first-order chi connectivity index (χ1) is 10.1. The van der Waals surface area contributed by atoms with Crippen molar-refractivity contribution in [1.29, 1.82) is 0 Å². The number of aromatic nitrogens is 3. The summed E-state index contributed by atoms with van der Waals surface area (Å²) in [5, 5.41) is 4.56. The molecule has 112 valence electrons. The van der Waals surface area contributed by atoms with E-state index in [1.54, 1.807) is 0 Å². The zero-order valence-corrected chi connectivity index (χ0v) is 12.8. The Labute approximate surface area is 124 Å². The zero-order valence-electron chi connectivity index (χ0n) is 12.8. The van der Waals surface area contributed by atoms with Crippen molar-refractivity contribution in [3.63, 3.8) is 0 Å². The molecule has 1 saturated heterocycles. The smallest absolute Gasteiger partial charge is 0.148 e. The van der Waals surface area contributed by atoms with E-state index in [9.17, 15) is 0 Å². The SMILES string of the molecule is Cc1cc(C)cc(-n2nc(C)nc2C2COCCOC2)c1. The third-order valence-electron chi connectivity index (χ3n) is 3.56. The molecule has 0 amide bonds. The molecule has 0 radical (unpaired) electrons. The van der Waals surface area contributed by atoms with Crippen molar-refractivity contribution in [3.8, 4) is 5.69 Å². The second-order valence-corrected chi connectivity index (χ2v) is 5.62. The molecule has 0 saturated carbocycles. The lowest BCUT2D eigenvalue weighted by Gasteiger charge is -2.14. The summed E-state index contributed by atoms with van der Waals surface area (Å²) in [7, 11) is 0. The molecule has 0 bridgehead atoms. The maximum atomic E-state index is 5.60. The molecule has 1 aliphatic heterocycles. The molecule has 0 aliphatic carbocycles. The van der Waals surface area contributed by atoms with Crippen LogP contribution < -0.4 is 0 Å². The molecule has 0 atom stereocenters. The van der Waals surface area contributed by atoms with Gasteiger partial charge in [0.05, 0.1) is 38.0 Å². The van der Waals surface area contributed by atoms with Gasteiger partial charge in [-0.15, -0.1) is 0 Å². The summed E-state index contributed by atoms with van der Waals surface area (Å²) < 4.78 is 13.1. The largest absolute Gasteiger partial charge is 0.378 e. The number of ether oxygens (including phenoxy) is 2. The average Bonchev–Trinajstić information content (AvgIpc) is 2.65. The van der Waals surface area contributed by atoms with Crippen molar-refractivity contribution < 1.29 is 9.47 Å². The van der Waals surface area contributed by atoms with Crippen LogP contribution in [0.5, 0.6) is 0 Å². The highest BCUT2D eigenvalue weighted by molar-refractivity contribution is 5.39. The summed E-state index contributed by atoms with van der Waals surface area (Å²) >= 11 is 0. The Bertz CT molecular complexity index is 608. The molecular weight excluding hydrogens is 266 g/mol. The predicted molar refractivity (Wildman–Crippen MR) is 79.9 cm³/mol. The van der Waals surface area contributed by atoms with Crippen LogP contribution in [-0.2, 0) is 9.47 Å². The molecule has 0 N–H and O–H groups in total. The number of aryl methyl sites for hydroxylation is 3. The molecule has 2 aromatic rings. The molecule has 2 heterocycles. The fourth-order valence-corrected chi connectivity index (χ4v) is 2.72. The van der Waals surface area contributed by atoms with Crippen LogP contribution in [0, 0.1) is 20.8 Å². The number of nitrogens with zero attached hydrogens (tertiary/aromatic N) is 3. The highest BCUT2D eigenvalue weighted by Crippen LogP contribution is 2.22. The zero-order chi connectivity index (χ0) is 14.8. The van der Waals surface area contributed by atoms with Crippen LogP contribution in [0.25, 0.3) is 5.69 Å². The summed E-state index contributed by atoms with van der Waals surface area (Å²) in [6.45, 7) is 8.66. The minimum absolute atomic E-state index is 0.120. The van der Waals surface area contributed by atoms with Crippen molar-refractivity contribution >= 4 is 0 Å². The van der Waals surface area contributed by atoms with Gasteiger partial charge in [-0.1, -0.05) is 6.07 Å². The third-order valence-corrected chi connectivity index (χ3v) is 3.56. The van der Waals surface area contributed by atoms with E-state index in [2.05, 4.69) is 42.1 Å². The molecule has 5 heteroatoms. The Hall–Kier alpha value is -1.72. The van der Waals surface area contributed by atoms with E-state index in [0.29, 0.717) is 26.4 Å². The lowest BCUT2D eigenvalue weighted by atomic mass is 10.1. The second kappa shape index (κ2) is 5.95. The predicted octanol–water partition coefficient (Wildman–Crippen LogP) is 2.32. The van der Waals surface area contributed by atoms with Gasteiger partial charge in [-0.2, -0.15) is 5.10 Å². The highest BCUT2D eigenvalue weighted by atomic mass is 16.5. The Balaban J connectivity index is 2.02. The molecule has 1 fully saturated rings. The van der Waals surface area contributed by atoms with Gasteiger partial charge in [-0.25, -0.2) is 9.67 Å². The van der Waals surface area contributed by atoms with Crippen molar-refractivity contribution in [2.75, 3.05) is 26.4 Å². The summed E-state index contributed by atoms with van der Waals surface area (Å²) in [6.07, 6.45) is 0. The third kappa shape index (κ3) is 3.14. The van der Waals surface area contributed by atoms with Crippen LogP contribution in [0.1, 0.15) is 28.7 Å². The highest BCUT2D eigenvalue weighted by Gasteiger charge is 2.23. The van der Waals surface area contributed by atoms with Crippen molar-refractivity contribution in [1.82, 2.24) is 14.8 Å². The van der Waals surface area contributed by atoms with Gasteiger partial charge in [-0.3, -0.25) is 0 Å². The number of hydrogen-bond acceptors (Lipinski definition) is 4. The summed E-state index contributed by atoms with van der Waals surface area (Å²) in [4.78, 5) is 4.60. The van der Waals surface area contributed by atoms with Gasteiger partial charge in [0.1, 0.15) is 11.6 Å². The number of benzene rings is 1. The first-order valence-corrected chi connectivity index (χ1v) is 7.31. The maximum Gasteiger partial charge on any atom is 0.148 e. The normalized spacial score (nSPS) is 16.9. The number of hydrogen-bond donors (Lipinski definition) is 0. The molecule has 0 spiro atoms. The summed E-state index contributed by atoms with van der Waals surface area (Å²) in [5.74, 6) is 1.81. The van der Waals surface area contributed by atoms with E-state index in [1.165, 1.54) is 11.1 Å². The van der Waals surface area contributed by atoms with Crippen LogP contribution >= 0.6 is 0 Å². The van der Waals surface area contributed by atoms with E-state index >= 15 is 0 Å². The van der Waals surface area contributed by atoms with Crippen LogP contribution in [0.2, 0.25) is 0 Å². The van der Waals surface area contributed by atoms with Gasteiger partial charge in [0.15, 0.2) is 0 Å². The fourth-order valence-electron chi connectivity index (χ4n) is 2.72. The van der Waals surface area contributed by atoms with Crippen molar-refractivity contribution in [2.24, 2.45) is 0 Å². The van der Waals surface area contributed by atoms with Crippen molar-refractivity contribution in [3.05, 3.63) is 41.0 Å². The molecule has 21 heavy (non-hydrogen) atoms. The molecule has 1 aliphatic rings. The summed E-state index contributed by atoms with van der Waals surface area (Å²) in [6, 6.07) is 6.41. The minimum Gasteiger partial charge on any atom is -0.378 e. The molecule has 0 unspecified atom stereocenters. The first-order valence-electron chi connectivity index (χ1n) is 7.31. The molecule has 1 aromatic heterocycles. The maximum absolute atomic E-state index is 5.60. The topological polar surface area (TPSA) is 49.2 Å². The Morgan fingerprint density at radius 1 is 1.00 bits per heavy atom. The van der Waals surface area contributed by atoms with Crippen LogP contribution in [0.4, 0.5) is 0 Å². The lowest BCUT2D eigenvalue weighted by molar-refractivity contribution is 0.103. The van der Waals surface area contributed by atoms with Gasteiger partial charge < -0.3 is 9.47 Å². The first kappa shape index (κ1) is 14.2. The van der Waals surface area contributed by atoms with E-state index in [-0.39, 0.29) is 5.92 Å². The van der Waals surface area contributed by atoms with Gasteiger partial charge in [-0.05, 0) is 44.0 Å². The summed E-state index contributed by atoms with van der Waals surface area (Å²) in [5.41, 5.74) is 3.49. The number of rotatable bonds is 2. The van der Waals surface area contributed by atoms with E-state index in [0.717, 1.165) is 17.3 Å². The lowest BCUT2D eigenvalue weighted by Crippen LogP contribution is -2.16. The molecular formula is C16H21N3O2. The minimum atomic E-state index is 0.120. The van der Waals surface area contributed by atoms with Gasteiger partial charge in [0.2, 0.25) is 0 Å². The molecule has 3 rings (SSSR count). The quantitative estimate of drug-likeness (QED) is 0.850. The van der Waals surface area contributed by atoms with E-state index < -0.39 is 0 Å². The standard InChI is InChI=1S/C16H21N3O2/c1-11-6-12(2)8-15(7-11)19-16(17-13(3)18-19)14-9-20-4-5-21-10-14/h6-8,14H,4-5,9-10H2,1-3H3. The Morgan fingerprint density at radius 3 is 2.24 bits per heavy atom. The average molecular weight is 287 g/mol. The van der Waals surface area contributed by atoms with Gasteiger partial charge >= 0.3 is 0 Å². The van der Waals surface area contributed by atoms with Crippen LogP contribution in [0.3, 0.4) is 0 Å². The van der Waals surface area contributed by atoms with Crippen molar-refractivity contribution in [2.45, 2.75) is 26.7 Å². The molecule has 1 aromatic carbocycles. The van der Waals surface area contributed by atoms with E-state index in [1.807, 2.05) is 11.6 Å². The van der Waals surface area contributed by atoms with E-state index in [4.69, 9.17) is 9.47 Å². The van der Waals surface area contributed by atoms with Gasteiger partial charge in [0, 0.05) is 0 Å². The van der Waals surface area contributed by atoms with Crippen LogP contribution in [-0.4, -0.2) is 41.2 Å². The Kier molecular flexibility index (Phi) is 4.03. The van der Waals surface area contributed by atoms with Crippen LogP contribution in [0.15, 0.2) is 18.2 Å². The fraction of sp³-hybridized carbons (Fsp3) is 0.500. The second-order valence-electron chi connectivity index (χ2n) is 5.62. The Morgan fingerprint density at radius 2 is 1.62 bits per heavy atom. The monoisotopic (exact) mass is 287 g/mol. The van der Waals surface area contributed by atoms with Gasteiger partial charge in [0.25, 0.3) is 0 Å². The molecule has 5 nitrogen and oxygen atoms in total.